The van der Waals surface area contributed by atoms with Gasteiger partial charge in [-0.25, -0.2) is 18.8 Å². The highest BCUT2D eigenvalue weighted by Gasteiger charge is 2.28. The van der Waals surface area contributed by atoms with Gasteiger partial charge in [0.25, 0.3) is 0 Å². The van der Waals surface area contributed by atoms with E-state index in [0.717, 1.165) is 38.7 Å². The van der Waals surface area contributed by atoms with Crippen LogP contribution < -0.4 is 9.03 Å². The molecule has 9 nitrogen and oxygen atoms in total. The lowest BCUT2D eigenvalue weighted by atomic mass is 9.83. The first-order valence-corrected chi connectivity index (χ1v) is 17.1. The fourth-order valence-corrected chi connectivity index (χ4v) is 7.49. The van der Waals surface area contributed by atoms with E-state index in [1.54, 1.807) is 48.5 Å². The fraction of sp³-hybridized carbons (Fsp3) is 0.189. The van der Waals surface area contributed by atoms with Crippen molar-refractivity contribution >= 4 is 21.9 Å². The number of aliphatic hydroxyl groups is 1. The minimum absolute atomic E-state index is 0.194. The van der Waals surface area contributed by atoms with Gasteiger partial charge in [0.05, 0.1) is 23.1 Å². The number of hydrogen-bond acceptors (Lipinski definition) is 5. The first-order valence-electron chi connectivity index (χ1n) is 15.7. The second-order valence-corrected chi connectivity index (χ2v) is 13.6. The van der Waals surface area contributed by atoms with Crippen molar-refractivity contribution in [3.8, 4) is 28.1 Å². The summed E-state index contributed by atoms with van der Waals surface area (Å²) in [5.74, 6) is -0.0138. The number of benzene rings is 4. The molecule has 1 aliphatic heterocycles. The monoisotopic (exact) mass is 646 g/mol. The standard InChI is InChI=1S/C37H34N4O5S/c42-36-24-41(47(45,46)39-36)33-20-18-32(19-21-33)40-23-34(30-14-16-31(17-15-30)37(43)44)38-35(40)22-25-6-8-27(9-7-25)29-12-10-28(11-13-29)26-4-2-1-3-5-26/h6-21,23-24,26,39,42H,1-5,22H2,(H,43,44). The van der Waals surface area contributed by atoms with Gasteiger partial charge in [-0.1, -0.05) is 79.9 Å². The molecule has 1 fully saturated rings. The summed E-state index contributed by atoms with van der Waals surface area (Å²) in [4.78, 5) is 16.3. The molecule has 5 aromatic rings. The van der Waals surface area contributed by atoms with Gasteiger partial charge in [-0.3, -0.25) is 0 Å². The van der Waals surface area contributed by atoms with Crippen LogP contribution in [0.5, 0.6) is 0 Å². The summed E-state index contributed by atoms with van der Waals surface area (Å²) in [6, 6.07) is 30.9. The number of imidazole rings is 1. The lowest BCUT2D eigenvalue weighted by Crippen LogP contribution is -2.29. The van der Waals surface area contributed by atoms with Crippen molar-refractivity contribution in [2.75, 3.05) is 4.31 Å². The normalized spacial score (nSPS) is 16.1. The van der Waals surface area contributed by atoms with E-state index in [0.29, 0.717) is 23.7 Å². The number of nitrogens with one attached hydrogen (secondary N) is 1. The largest absolute Gasteiger partial charge is 0.493 e. The molecule has 0 atom stereocenters. The number of aliphatic hydroxyl groups excluding tert-OH is 1. The molecular weight excluding hydrogens is 612 g/mol. The van der Waals surface area contributed by atoms with Crippen LogP contribution in [-0.4, -0.2) is 34.2 Å². The first-order chi connectivity index (χ1) is 22.7. The Labute approximate surface area is 273 Å². The van der Waals surface area contributed by atoms with Crippen molar-refractivity contribution in [2.24, 2.45) is 0 Å². The van der Waals surface area contributed by atoms with Gasteiger partial charge in [-0.05, 0) is 77.4 Å². The van der Waals surface area contributed by atoms with Crippen LogP contribution in [-0.2, 0) is 16.6 Å². The second-order valence-electron chi connectivity index (χ2n) is 12.1. The predicted molar refractivity (Wildman–Crippen MR) is 182 cm³/mol. The summed E-state index contributed by atoms with van der Waals surface area (Å²) in [7, 11) is -3.91. The molecule has 0 bridgehead atoms. The SMILES string of the molecule is O=C(O)c1ccc(-c2cn(-c3ccc(N4C=C(O)NS4(=O)=O)cc3)c(Cc3ccc(-c4ccc(C5CCCCC5)cc4)cc3)n2)cc1. The van der Waals surface area contributed by atoms with Gasteiger partial charge >= 0.3 is 16.2 Å². The molecule has 47 heavy (non-hydrogen) atoms. The van der Waals surface area contributed by atoms with Gasteiger partial charge in [0.15, 0.2) is 0 Å². The average Bonchev–Trinajstić information content (AvgIpc) is 3.64. The summed E-state index contributed by atoms with van der Waals surface area (Å²) in [6.07, 6.45) is 10.1. The van der Waals surface area contributed by atoms with Crippen LogP contribution in [0, 0.1) is 0 Å². The van der Waals surface area contributed by atoms with Crippen molar-refractivity contribution in [1.29, 1.82) is 0 Å². The number of aromatic carboxylic acids is 1. The van der Waals surface area contributed by atoms with Crippen molar-refractivity contribution in [3.63, 3.8) is 0 Å². The number of nitrogens with zero attached hydrogens (tertiary/aromatic N) is 3. The summed E-state index contributed by atoms with van der Waals surface area (Å²) < 4.78 is 29.7. The summed E-state index contributed by atoms with van der Waals surface area (Å²) in [6.45, 7) is 0. The van der Waals surface area contributed by atoms with Crippen LogP contribution in [0.1, 0.15) is 65.3 Å². The molecule has 0 saturated heterocycles. The van der Waals surface area contributed by atoms with Crippen LogP contribution in [0.25, 0.3) is 28.1 Å². The highest BCUT2D eigenvalue weighted by atomic mass is 32.2. The topological polar surface area (TPSA) is 125 Å². The minimum Gasteiger partial charge on any atom is -0.493 e. The Morgan fingerprint density at radius 1 is 0.787 bits per heavy atom. The maximum absolute atomic E-state index is 12.4. The van der Waals surface area contributed by atoms with Gasteiger partial charge in [0.2, 0.25) is 5.88 Å². The summed E-state index contributed by atoms with van der Waals surface area (Å²) >= 11 is 0. The quantitative estimate of drug-likeness (QED) is 0.160. The van der Waals surface area contributed by atoms with E-state index in [1.807, 2.05) is 15.5 Å². The minimum atomic E-state index is -3.91. The van der Waals surface area contributed by atoms with E-state index in [-0.39, 0.29) is 5.56 Å². The lowest BCUT2D eigenvalue weighted by Gasteiger charge is -2.22. The predicted octanol–water partition coefficient (Wildman–Crippen LogP) is 7.55. The van der Waals surface area contributed by atoms with Crippen LogP contribution >= 0.6 is 0 Å². The van der Waals surface area contributed by atoms with Crippen LogP contribution in [0.4, 0.5) is 5.69 Å². The van der Waals surface area contributed by atoms with Crippen LogP contribution in [0.3, 0.4) is 0 Å². The zero-order valence-electron chi connectivity index (χ0n) is 25.6. The molecule has 1 aromatic heterocycles. The molecule has 1 saturated carbocycles. The second kappa shape index (κ2) is 12.4. The zero-order chi connectivity index (χ0) is 32.5. The Morgan fingerprint density at radius 2 is 1.38 bits per heavy atom. The van der Waals surface area contributed by atoms with E-state index >= 15 is 0 Å². The lowest BCUT2D eigenvalue weighted by molar-refractivity contribution is 0.0697. The third kappa shape index (κ3) is 6.37. The number of aromatic nitrogens is 2. The molecule has 1 aliphatic carbocycles. The van der Waals surface area contributed by atoms with Gasteiger partial charge in [-0.15, -0.1) is 0 Å². The molecule has 238 valence electrons. The van der Waals surface area contributed by atoms with Gasteiger partial charge < -0.3 is 14.8 Å². The number of carboxylic acid groups (broad SMARTS) is 1. The molecule has 0 amide bonds. The third-order valence-corrected chi connectivity index (χ3v) is 10.3. The molecule has 0 spiro atoms. The molecule has 2 aliphatic rings. The number of carboxylic acids is 1. The maximum atomic E-state index is 12.4. The highest BCUT2D eigenvalue weighted by molar-refractivity contribution is 7.91. The Hall–Kier alpha value is -5.35. The molecule has 0 radical (unpaired) electrons. The van der Waals surface area contributed by atoms with Crippen molar-refractivity contribution in [1.82, 2.24) is 14.3 Å². The van der Waals surface area contributed by atoms with Gasteiger partial charge in [0.1, 0.15) is 5.82 Å². The summed E-state index contributed by atoms with van der Waals surface area (Å²) in [5.41, 5.74) is 7.60. The molecule has 0 unspecified atom stereocenters. The average molecular weight is 647 g/mol. The van der Waals surface area contributed by atoms with E-state index < -0.39 is 22.1 Å². The van der Waals surface area contributed by atoms with E-state index in [4.69, 9.17) is 4.98 Å². The molecule has 10 heteroatoms. The number of carbonyl (C=O) groups is 1. The summed E-state index contributed by atoms with van der Waals surface area (Å²) in [5, 5.41) is 19.0. The number of anilines is 1. The highest BCUT2D eigenvalue weighted by Crippen LogP contribution is 2.34. The van der Waals surface area contributed by atoms with Crippen molar-refractivity contribution in [2.45, 2.75) is 44.4 Å². The van der Waals surface area contributed by atoms with E-state index in [2.05, 4.69) is 48.5 Å². The van der Waals surface area contributed by atoms with E-state index in [9.17, 15) is 23.4 Å². The van der Waals surface area contributed by atoms with Crippen LogP contribution in [0.15, 0.2) is 115 Å². The number of rotatable bonds is 8. The van der Waals surface area contributed by atoms with Crippen molar-refractivity contribution in [3.05, 3.63) is 138 Å². The van der Waals surface area contributed by atoms with Gasteiger partial charge in [-0.2, -0.15) is 8.42 Å². The zero-order valence-corrected chi connectivity index (χ0v) is 26.4. The molecule has 4 aromatic carbocycles. The Kier molecular flexibility index (Phi) is 8.03. The van der Waals surface area contributed by atoms with Crippen molar-refractivity contribution < 1.29 is 23.4 Å². The Balaban J connectivity index is 1.17. The molecular formula is C37H34N4O5S. The maximum Gasteiger partial charge on any atom is 0.335 e. The molecule has 3 N–H and O–H groups in total. The third-order valence-electron chi connectivity index (χ3n) is 8.96. The van der Waals surface area contributed by atoms with Gasteiger partial charge in [0, 0.05) is 23.9 Å². The molecule has 2 heterocycles. The molecule has 7 rings (SSSR count). The van der Waals surface area contributed by atoms with Crippen LogP contribution in [0.2, 0.25) is 0 Å². The fourth-order valence-electron chi connectivity index (χ4n) is 6.43. The van der Waals surface area contributed by atoms with E-state index in [1.165, 1.54) is 43.2 Å². The smallest absolute Gasteiger partial charge is 0.335 e. The Bertz CT molecular complexity index is 2050. The first kappa shape index (κ1) is 30.3. The number of hydrogen-bond donors (Lipinski definition) is 3. The Morgan fingerprint density at radius 3 is 1.98 bits per heavy atom.